The van der Waals surface area contributed by atoms with Gasteiger partial charge in [0.2, 0.25) is 0 Å². The highest BCUT2D eigenvalue weighted by Crippen LogP contribution is 2.33. The van der Waals surface area contributed by atoms with E-state index in [0.29, 0.717) is 5.82 Å². The van der Waals surface area contributed by atoms with Gasteiger partial charge < -0.3 is 15.0 Å². The van der Waals surface area contributed by atoms with Gasteiger partial charge in [0.1, 0.15) is 5.82 Å². The van der Waals surface area contributed by atoms with Crippen LogP contribution in [0.2, 0.25) is 0 Å². The van der Waals surface area contributed by atoms with Crippen molar-refractivity contribution in [1.29, 1.82) is 0 Å². The maximum atomic E-state index is 12.9. The van der Waals surface area contributed by atoms with Gasteiger partial charge in [-0.15, -0.1) is 0 Å². The molecule has 0 aliphatic heterocycles. The van der Waals surface area contributed by atoms with E-state index in [-0.39, 0.29) is 12.2 Å². The number of anilines is 1. The maximum absolute atomic E-state index is 12.9. The Morgan fingerprint density at radius 3 is 2.67 bits per heavy atom. The van der Waals surface area contributed by atoms with E-state index in [1.165, 1.54) is 6.07 Å². The van der Waals surface area contributed by atoms with Crippen LogP contribution >= 0.6 is 0 Å². The number of benzene rings is 1. The van der Waals surface area contributed by atoms with Crippen LogP contribution in [-0.2, 0) is 19.8 Å². The number of nitrogens with one attached hydrogen (secondary N) is 1. The molecule has 1 aromatic heterocycles. The first-order chi connectivity index (χ1) is 9.79. The lowest BCUT2D eigenvalue weighted by Crippen LogP contribution is -2.14. The summed E-state index contributed by atoms with van der Waals surface area (Å²) in [6.45, 7) is 0.229. The predicted molar refractivity (Wildman–Crippen MR) is 68.9 cm³/mol. The van der Waals surface area contributed by atoms with Crippen molar-refractivity contribution < 1.29 is 23.1 Å². The van der Waals surface area contributed by atoms with Crippen LogP contribution in [0, 0.1) is 0 Å². The Kier molecular flexibility index (Phi) is 3.88. The highest BCUT2D eigenvalue weighted by molar-refractivity contribution is 5.90. The van der Waals surface area contributed by atoms with Crippen LogP contribution in [0.4, 0.5) is 18.9 Å². The molecule has 0 aliphatic carbocycles. The maximum Gasteiger partial charge on any atom is 0.417 e. The number of halogens is 3. The molecule has 0 unspecified atom stereocenters. The molecular formula is C13H12F3N3O2. The molecule has 0 fully saturated rings. The van der Waals surface area contributed by atoms with E-state index in [1.807, 2.05) is 0 Å². The molecule has 1 heterocycles. The SMILES string of the molecule is Cn1ccnc1CNc1ccc(C(=O)O)c(C(F)(F)F)c1. The van der Waals surface area contributed by atoms with Crippen LogP contribution in [0.3, 0.4) is 0 Å². The molecule has 0 amide bonds. The topological polar surface area (TPSA) is 67.2 Å². The Bertz CT molecular complexity index is 665. The third-order valence-electron chi connectivity index (χ3n) is 2.93. The van der Waals surface area contributed by atoms with Crippen LogP contribution < -0.4 is 5.32 Å². The molecule has 0 saturated heterocycles. The second-order valence-corrected chi connectivity index (χ2v) is 4.37. The minimum Gasteiger partial charge on any atom is -0.478 e. The van der Waals surface area contributed by atoms with Gasteiger partial charge in [0, 0.05) is 25.1 Å². The standard InChI is InChI=1S/C13H12F3N3O2/c1-19-5-4-17-11(19)7-18-8-2-3-9(12(20)21)10(6-8)13(14,15)16/h2-6,18H,7H2,1H3,(H,20,21). The van der Waals surface area contributed by atoms with Crippen molar-refractivity contribution in [2.75, 3.05) is 5.32 Å². The zero-order chi connectivity index (χ0) is 15.6. The van der Waals surface area contributed by atoms with Crippen LogP contribution in [0.5, 0.6) is 0 Å². The summed E-state index contributed by atoms with van der Waals surface area (Å²) < 4.78 is 40.3. The first-order valence-corrected chi connectivity index (χ1v) is 5.93. The fraction of sp³-hybridized carbons (Fsp3) is 0.231. The van der Waals surface area contributed by atoms with Gasteiger partial charge in [0.15, 0.2) is 0 Å². The number of aryl methyl sites for hydroxylation is 1. The lowest BCUT2D eigenvalue weighted by atomic mass is 10.1. The van der Waals surface area contributed by atoms with Crippen molar-refractivity contribution in [3.05, 3.63) is 47.5 Å². The van der Waals surface area contributed by atoms with E-state index in [2.05, 4.69) is 10.3 Å². The molecular weight excluding hydrogens is 287 g/mol. The summed E-state index contributed by atoms with van der Waals surface area (Å²) in [6, 6.07) is 3.01. The quantitative estimate of drug-likeness (QED) is 0.911. The molecule has 2 rings (SSSR count). The average Bonchev–Trinajstić information content (AvgIpc) is 2.80. The summed E-state index contributed by atoms with van der Waals surface area (Å²) >= 11 is 0. The van der Waals surface area contributed by atoms with E-state index >= 15 is 0 Å². The van der Waals surface area contributed by atoms with Crippen molar-refractivity contribution in [1.82, 2.24) is 9.55 Å². The van der Waals surface area contributed by atoms with E-state index < -0.39 is 23.3 Å². The number of rotatable bonds is 4. The molecule has 0 spiro atoms. The summed E-state index contributed by atoms with van der Waals surface area (Å²) in [4.78, 5) is 14.9. The number of carboxylic acid groups (broad SMARTS) is 1. The zero-order valence-electron chi connectivity index (χ0n) is 11.0. The second kappa shape index (κ2) is 5.47. The normalized spacial score (nSPS) is 11.4. The average molecular weight is 299 g/mol. The molecule has 112 valence electrons. The van der Waals surface area contributed by atoms with Crippen LogP contribution in [0.1, 0.15) is 21.7 Å². The minimum absolute atomic E-state index is 0.176. The van der Waals surface area contributed by atoms with Gasteiger partial charge in [0.05, 0.1) is 17.7 Å². The fourth-order valence-electron chi connectivity index (χ4n) is 1.82. The van der Waals surface area contributed by atoms with Gasteiger partial charge >= 0.3 is 12.1 Å². The van der Waals surface area contributed by atoms with Crippen molar-refractivity contribution in [2.24, 2.45) is 7.05 Å². The number of alkyl halides is 3. The first-order valence-electron chi connectivity index (χ1n) is 5.93. The molecule has 21 heavy (non-hydrogen) atoms. The molecule has 0 aliphatic rings. The van der Waals surface area contributed by atoms with Gasteiger partial charge in [-0.1, -0.05) is 0 Å². The van der Waals surface area contributed by atoms with Gasteiger partial charge in [-0.05, 0) is 18.2 Å². The molecule has 5 nitrogen and oxygen atoms in total. The van der Waals surface area contributed by atoms with E-state index in [1.54, 1.807) is 24.0 Å². The number of hydrogen-bond acceptors (Lipinski definition) is 3. The fourth-order valence-corrected chi connectivity index (χ4v) is 1.82. The largest absolute Gasteiger partial charge is 0.478 e. The van der Waals surface area contributed by atoms with Gasteiger partial charge in [-0.25, -0.2) is 9.78 Å². The number of carbonyl (C=O) groups is 1. The van der Waals surface area contributed by atoms with Crippen LogP contribution in [-0.4, -0.2) is 20.6 Å². The number of aromatic nitrogens is 2. The molecule has 0 bridgehead atoms. The summed E-state index contributed by atoms with van der Waals surface area (Å²) in [7, 11) is 1.76. The van der Waals surface area contributed by atoms with Crippen molar-refractivity contribution in [3.63, 3.8) is 0 Å². The number of hydrogen-bond donors (Lipinski definition) is 2. The van der Waals surface area contributed by atoms with Crippen LogP contribution in [0.25, 0.3) is 0 Å². The molecule has 2 aromatic rings. The smallest absolute Gasteiger partial charge is 0.417 e. The van der Waals surface area contributed by atoms with Crippen molar-refractivity contribution in [3.8, 4) is 0 Å². The van der Waals surface area contributed by atoms with E-state index in [0.717, 1.165) is 12.1 Å². The molecule has 2 N–H and O–H groups in total. The van der Waals surface area contributed by atoms with Crippen molar-refractivity contribution >= 4 is 11.7 Å². The Balaban J connectivity index is 2.26. The third-order valence-corrected chi connectivity index (χ3v) is 2.93. The highest BCUT2D eigenvalue weighted by atomic mass is 19.4. The zero-order valence-corrected chi connectivity index (χ0v) is 11.0. The Morgan fingerprint density at radius 2 is 2.14 bits per heavy atom. The molecule has 8 heteroatoms. The predicted octanol–water partition coefficient (Wildman–Crippen LogP) is 2.75. The van der Waals surface area contributed by atoms with Crippen molar-refractivity contribution in [2.45, 2.75) is 12.7 Å². The molecule has 0 radical (unpaired) electrons. The third kappa shape index (κ3) is 3.33. The summed E-state index contributed by atoms with van der Waals surface area (Å²) in [5.74, 6) is -0.969. The molecule has 1 aromatic carbocycles. The summed E-state index contributed by atoms with van der Waals surface area (Å²) in [6.07, 6.45) is -1.44. The van der Waals surface area contributed by atoms with E-state index in [4.69, 9.17) is 5.11 Å². The van der Waals surface area contributed by atoms with Gasteiger partial charge in [0.25, 0.3) is 0 Å². The summed E-state index contributed by atoms with van der Waals surface area (Å²) in [5, 5.41) is 11.6. The summed E-state index contributed by atoms with van der Waals surface area (Å²) in [5.41, 5.74) is -1.78. The Labute approximate surface area is 118 Å². The monoisotopic (exact) mass is 299 g/mol. The molecule has 0 atom stereocenters. The van der Waals surface area contributed by atoms with Crippen LogP contribution in [0.15, 0.2) is 30.6 Å². The van der Waals surface area contributed by atoms with E-state index in [9.17, 15) is 18.0 Å². The second-order valence-electron chi connectivity index (χ2n) is 4.37. The number of carboxylic acids is 1. The first kappa shape index (κ1) is 14.9. The van der Waals surface area contributed by atoms with Gasteiger partial charge in [-0.3, -0.25) is 0 Å². The number of aromatic carboxylic acids is 1. The Morgan fingerprint density at radius 1 is 1.43 bits per heavy atom. The highest BCUT2D eigenvalue weighted by Gasteiger charge is 2.35. The minimum atomic E-state index is -4.73. The molecule has 0 saturated carbocycles. The number of nitrogens with zero attached hydrogens (tertiary/aromatic N) is 2. The van der Waals surface area contributed by atoms with Gasteiger partial charge in [-0.2, -0.15) is 13.2 Å². The lowest BCUT2D eigenvalue weighted by Gasteiger charge is -2.13. The lowest BCUT2D eigenvalue weighted by molar-refractivity contribution is -0.138. The Hall–Kier alpha value is -2.51. The number of imidazole rings is 1.